The number of rotatable bonds is 4. The molecule has 1 radical (unpaired) electrons. The van der Waals surface area contributed by atoms with Gasteiger partial charge in [0.2, 0.25) is 0 Å². The van der Waals surface area contributed by atoms with Crippen LogP contribution in [0.5, 0.6) is 0 Å². The van der Waals surface area contributed by atoms with Gasteiger partial charge in [-0.2, -0.15) is 0 Å². The third-order valence-electron chi connectivity index (χ3n) is 2.55. The van der Waals surface area contributed by atoms with Crippen molar-refractivity contribution < 1.29 is 0 Å². The molecule has 1 aliphatic heterocycles. The van der Waals surface area contributed by atoms with Gasteiger partial charge in [0.25, 0.3) is 0 Å². The minimum Gasteiger partial charge on any atom is -0.314 e. The molecule has 0 aliphatic carbocycles. The minimum absolute atomic E-state index is 0.774. The summed E-state index contributed by atoms with van der Waals surface area (Å²) in [6, 6.07) is 0.774. The molecule has 0 spiro atoms. The summed E-state index contributed by atoms with van der Waals surface area (Å²) in [5, 5.41) is 3.50. The van der Waals surface area contributed by atoms with Gasteiger partial charge in [-0.1, -0.05) is 13.8 Å². The number of nitrogens with zero attached hydrogens (tertiary/aromatic N) is 1. The number of nitrogens with one attached hydrogen (secondary N) is 1. The summed E-state index contributed by atoms with van der Waals surface area (Å²) in [7, 11) is 0. The van der Waals surface area contributed by atoms with Crippen LogP contribution in [-0.2, 0) is 0 Å². The summed E-state index contributed by atoms with van der Waals surface area (Å²) in [5.74, 6) is 0. The molecule has 1 aliphatic rings. The van der Waals surface area contributed by atoms with Crippen molar-refractivity contribution in [2.75, 3.05) is 26.2 Å². The fourth-order valence-electron chi connectivity index (χ4n) is 1.87. The topological polar surface area (TPSA) is 15.3 Å². The van der Waals surface area contributed by atoms with Gasteiger partial charge < -0.3 is 10.2 Å². The van der Waals surface area contributed by atoms with Gasteiger partial charge in [0.15, 0.2) is 0 Å². The molecule has 71 valence electrons. The van der Waals surface area contributed by atoms with E-state index in [-0.39, 0.29) is 0 Å². The smallest absolute Gasteiger partial charge is 0.00912 e. The normalized spacial score (nSPS) is 21.5. The molecule has 0 unspecified atom stereocenters. The van der Waals surface area contributed by atoms with Crippen LogP contribution in [0.15, 0.2) is 0 Å². The first kappa shape index (κ1) is 10.0. The predicted molar refractivity (Wildman–Crippen MR) is 53.1 cm³/mol. The molecule has 2 heteroatoms. The maximum absolute atomic E-state index is 3.88. The van der Waals surface area contributed by atoms with Crippen LogP contribution >= 0.6 is 0 Å². The SMILES string of the molecule is [CH2]CCN1CCC(NCC)CC1. The van der Waals surface area contributed by atoms with Gasteiger partial charge in [0.05, 0.1) is 0 Å². The summed E-state index contributed by atoms with van der Waals surface area (Å²) in [4.78, 5) is 2.51. The quantitative estimate of drug-likeness (QED) is 0.682. The van der Waals surface area contributed by atoms with E-state index in [2.05, 4.69) is 24.1 Å². The first-order valence-electron chi connectivity index (χ1n) is 5.11. The van der Waals surface area contributed by atoms with E-state index in [9.17, 15) is 0 Å². The first-order chi connectivity index (χ1) is 5.86. The highest BCUT2D eigenvalue weighted by Gasteiger charge is 2.16. The zero-order valence-corrected chi connectivity index (χ0v) is 8.18. The molecular formula is C10H21N2. The molecule has 0 amide bonds. The summed E-state index contributed by atoms with van der Waals surface area (Å²) >= 11 is 0. The molecule has 0 bridgehead atoms. The van der Waals surface area contributed by atoms with E-state index in [1.165, 1.54) is 32.5 Å². The van der Waals surface area contributed by atoms with Crippen LogP contribution in [0.3, 0.4) is 0 Å². The Bertz CT molecular complexity index is 92.4. The largest absolute Gasteiger partial charge is 0.314 e. The van der Waals surface area contributed by atoms with Crippen molar-refractivity contribution >= 4 is 0 Å². The number of hydrogen-bond acceptors (Lipinski definition) is 2. The zero-order chi connectivity index (χ0) is 8.81. The van der Waals surface area contributed by atoms with E-state index in [4.69, 9.17) is 0 Å². The predicted octanol–water partition coefficient (Wildman–Crippen LogP) is 1.28. The Morgan fingerprint density at radius 2 is 2.08 bits per heavy atom. The van der Waals surface area contributed by atoms with Crippen molar-refractivity contribution in [1.29, 1.82) is 0 Å². The average molecular weight is 169 g/mol. The molecule has 0 aromatic rings. The zero-order valence-electron chi connectivity index (χ0n) is 8.18. The van der Waals surface area contributed by atoms with Gasteiger partial charge in [0.1, 0.15) is 0 Å². The lowest BCUT2D eigenvalue weighted by molar-refractivity contribution is 0.202. The molecular weight excluding hydrogens is 148 g/mol. The van der Waals surface area contributed by atoms with Crippen molar-refractivity contribution in [1.82, 2.24) is 10.2 Å². The third-order valence-corrected chi connectivity index (χ3v) is 2.55. The van der Waals surface area contributed by atoms with Crippen LogP contribution in [0.25, 0.3) is 0 Å². The molecule has 12 heavy (non-hydrogen) atoms. The van der Waals surface area contributed by atoms with E-state index in [1.807, 2.05) is 0 Å². The molecule has 1 fully saturated rings. The second-order valence-corrected chi connectivity index (χ2v) is 3.53. The molecule has 1 rings (SSSR count). The lowest BCUT2D eigenvalue weighted by Crippen LogP contribution is -2.42. The second-order valence-electron chi connectivity index (χ2n) is 3.53. The Morgan fingerprint density at radius 1 is 1.42 bits per heavy atom. The lowest BCUT2D eigenvalue weighted by atomic mass is 10.1. The van der Waals surface area contributed by atoms with Crippen LogP contribution < -0.4 is 5.32 Å². The van der Waals surface area contributed by atoms with Crippen LogP contribution in [0.1, 0.15) is 26.2 Å². The summed E-state index contributed by atoms with van der Waals surface area (Å²) in [6.07, 6.45) is 3.67. The van der Waals surface area contributed by atoms with E-state index < -0.39 is 0 Å². The van der Waals surface area contributed by atoms with E-state index in [1.54, 1.807) is 0 Å². The maximum atomic E-state index is 3.88. The summed E-state index contributed by atoms with van der Waals surface area (Å²) in [6.45, 7) is 10.9. The Labute approximate surface area is 76.3 Å². The average Bonchev–Trinajstić information content (AvgIpc) is 2.09. The second kappa shape index (κ2) is 5.55. The molecule has 0 aromatic carbocycles. The molecule has 0 saturated carbocycles. The van der Waals surface area contributed by atoms with Gasteiger partial charge in [-0.3, -0.25) is 0 Å². The summed E-state index contributed by atoms with van der Waals surface area (Å²) < 4.78 is 0. The van der Waals surface area contributed by atoms with Crippen LogP contribution in [0, 0.1) is 6.92 Å². The Hall–Kier alpha value is -0.0800. The monoisotopic (exact) mass is 169 g/mol. The number of likely N-dealkylation sites (tertiary alicyclic amines) is 1. The summed E-state index contributed by atoms with van der Waals surface area (Å²) in [5.41, 5.74) is 0. The molecule has 1 N–H and O–H groups in total. The minimum atomic E-state index is 0.774. The van der Waals surface area contributed by atoms with Crippen LogP contribution in [0.4, 0.5) is 0 Å². The Morgan fingerprint density at radius 3 is 2.58 bits per heavy atom. The van der Waals surface area contributed by atoms with Gasteiger partial charge in [-0.05, 0) is 45.4 Å². The first-order valence-corrected chi connectivity index (χ1v) is 5.11. The van der Waals surface area contributed by atoms with Gasteiger partial charge >= 0.3 is 0 Å². The maximum Gasteiger partial charge on any atom is 0.00912 e. The van der Waals surface area contributed by atoms with Crippen molar-refractivity contribution in [2.45, 2.75) is 32.2 Å². The Balaban J connectivity index is 2.11. The number of piperidine rings is 1. The highest BCUT2D eigenvalue weighted by atomic mass is 15.1. The van der Waals surface area contributed by atoms with Gasteiger partial charge in [-0.25, -0.2) is 0 Å². The van der Waals surface area contributed by atoms with E-state index in [0.29, 0.717) is 0 Å². The van der Waals surface area contributed by atoms with Gasteiger partial charge in [0, 0.05) is 6.04 Å². The lowest BCUT2D eigenvalue weighted by Gasteiger charge is -2.31. The third kappa shape index (κ3) is 3.11. The van der Waals surface area contributed by atoms with E-state index >= 15 is 0 Å². The fourth-order valence-corrected chi connectivity index (χ4v) is 1.87. The number of hydrogen-bond donors (Lipinski definition) is 1. The fraction of sp³-hybridized carbons (Fsp3) is 0.900. The van der Waals surface area contributed by atoms with Crippen molar-refractivity contribution in [2.24, 2.45) is 0 Å². The molecule has 0 aromatic heterocycles. The molecule has 2 nitrogen and oxygen atoms in total. The van der Waals surface area contributed by atoms with Crippen molar-refractivity contribution in [3.63, 3.8) is 0 Å². The molecule has 0 atom stereocenters. The van der Waals surface area contributed by atoms with E-state index in [0.717, 1.165) is 19.0 Å². The highest BCUT2D eigenvalue weighted by Crippen LogP contribution is 2.09. The molecule has 1 heterocycles. The molecule has 1 saturated heterocycles. The standard InChI is InChI=1S/C10H21N2/c1-3-7-12-8-5-10(6-9-12)11-4-2/h10-11H,1,3-9H2,2H3. The van der Waals surface area contributed by atoms with Crippen molar-refractivity contribution in [3.8, 4) is 0 Å². The van der Waals surface area contributed by atoms with Crippen LogP contribution in [-0.4, -0.2) is 37.1 Å². The van der Waals surface area contributed by atoms with Gasteiger partial charge in [-0.15, -0.1) is 0 Å². The Kier molecular flexibility index (Phi) is 4.62. The highest BCUT2D eigenvalue weighted by molar-refractivity contribution is 4.76. The van der Waals surface area contributed by atoms with Crippen molar-refractivity contribution in [3.05, 3.63) is 6.92 Å². The van der Waals surface area contributed by atoms with Crippen LogP contribution in [0.2, 0.25) is 0 Å².